The lowest BCUT2D eigenvalue weighted by Crippen LogP contribution is -2.27. The highest BCUT2D eigenvalue weighted by Gasteiger charge is 2.16. The van der Waals surface area contributed by atoms with Crippen LogP contribution in [0.25, 0.3) is 0 Å². The lowest BCUT2D eigenvalue weighted by molar-refractivity contribution is 0.0940. The fraction of sp³-hybridized carbons (Fsp3) is 0.143. The van der Waals surface area contributed by atoms with E-state index in [2.05, 4.69) is 10.3 Å². The Bertz CT molecular complexity index is 632. The molecule has 1 aromatic heterocycles. The molecule has 1 aromatic carbocycles. The van der Waals surface area contributed by atoms with Crippen molar-refractivity contribution in [1.29, 1.82) is 0 Å². The highest BCUT2D eigenvalue weighted by Crippen LogP contribution is 2.18. The van der Waals surface area contributed by atoms with Crippen molar-refractivity contribution in [2.75, 3.05) is 5.73 Å². The van der Waals surface area contributed by atoms with Gasteiger partial charge in [-0.1, -0.05) is 0 Å². The molecule has 6 heteroatoms. The predicted molar refractivity (Wildman–Crippen MR) is 70.9 cm³/mol. The first-order valence-electron chi connectivity index (χ1n) is 5.94. The maximum Gasteiger partial charge on any atom is 0.253 e. The molecule has 1 heterocycles. The SMILES string of the molecule is CC(NC(=O)c1cc(F)c(F)cc1N)c1ccncc1. The van der Waals surface area contributed by atoms with Crippen molar-refractivity contribution in [2.24, 2.45) is 0 Å². The number of nitrogens with two attached hydrogens (primary N) is 1. The molecular weight excluding hydrogens is 264 g/mol. The zero-order valence-corrected chi connectivity index (χ0v) is 10.7. The molecule has 0 aliphatic carbocycles. The third-order valence-corrected chi connectivity index (χ3v) is 2.89. The molecule has 0 spiro atoms. The number of pyridine rings is 1. The van der Waals surface area contributed by atoms with Crippen LogP contribution in [0.5, 0.6) is 0 Å². The molecule has 0 aliphatic heterocycles. The zero-order chi connectivity index (χ0) is 14.7. The number of nitrogens with one attached hydrogen (secondary N) is 1. The number of nitrogens with zero attached hydrogens (tertiary/aromatic N) is 1. The van der Waals surface area contributed by atoms with E-state index in [1.165, 1.54) is 0 Å². The van der Waals surface area contributed by atoms with E-state index in [0.29, 0.717) is 0 Å². The summed E-state index contributed by atoms with van der Waals surface area (Å²) < 4.78 is 26.1. The van der Waals surface area contributed by atoms with Gasteiger partial charge in [-0.15, -0.1) is 0 Å². The second-order valence-corrected chi connectivity index (χ2v) is 4.33. The second kappa shape index (κ2) is 5.64. The summed E-state index contributed by atoms with van der Waals surface area (Å²) in [4.78, 5) is 15.9. The van der Waals surface area contributed by atoms with Crippen LogP contribution in [0, 0.1) is 11.6 Å². The van der Waals surface area contributed by atoms with E-state index in [4.69, 9.17) is 5.73 Å². The fourth-order valence-corrected chi connectivity index (χ4v) is 1.77. The van der Waals surface area contributed by atoms with Crippen LogP contribution < -0.4 is 11.1 Å². The number of anilines is 1. The van der Waals surface area contributed by atoms with Gasteiger partial charge in [0.1, 0.15) is 0 Å². The summed E-state index contributed by atoms with van der Waals surface area (Å²) in [6.45, 7) is 1.77. The molecule has 0 bridgehead atoms. The van der Waals surface area contributed by atoms with Crippen LogP contribution in [0.1, 0.15) is 28.9 Å². The van der Waals surface area contributed by atoms with E-state index < -0.39 is 17.5 Å². The molecule has 0 saturated carbocycles. The van der Waals surface area contributed by atoms with Crippen molar-refractivity contribution in [1.82, 2.24) is 10.3 Å². The first-order valence-corrected chi connectivity index (χ1v) is 5.94. The molecule has 0 radical (unpaired) electrons. The van der Waals surface area contributed by atoms with Crippen LogP contribution >= 0.6 is 0 Å². The molecular formula is C14H13F2N3O. The highest BCUT2D eigenvalue weighted by molar-refractivity contribution is 5.99. The summed E-state index contributed by atoms with van der Waals surface area (Å²) in [7, 11) is 0. The van der Waals surface area contributed by atoms with Crippen LogP contribution in [-0.2, 0) is 0 Å². The third kappa shape index (κ3) is 2.90. The number of benzene rings is 1. The van der Waals surface area contributed by atoms with Gasteiger partial charge in [-0.05, 0) is 30.7 Å². The summed E-state index contributed by atoms with van der Waals surface area (Å²) in [5.41, 5.74) is 6.17. The van der Waals surface area contributed by atoms with Gasteiger partial charge in [0, 0.05) is 24.1 Å². The number of amides is 1. The molecule has 0 saturated heterocycles. The van der Waals surface area contributed by atoms with Gasteiger partial charge in [0.05, 0.1) is 11.6 Å². The molecule has 3 N–H and O–H groups in total. The van der Waals surface area contributed by atoms with Gasteiger partial charge in [-0.2, -0.15) is 0 Å². The van der Waals surface area contributed by atoms with E-state index in [1.54, 1.807) is 31.5 Å². The Morgan fingerprint density at radius 1 is 1.25 bits per heavy atom. The van der Waals surface area contributed by atoms with E-state index >= 15 is 0 Å². The number of nitrogen functional groups attached to an aromatic ring is 1. The number of hydrogen-bond donors (Lipinski definition) is 2. The molecule has 2 aromatic rings. The highest BCUT2D eigenvalue weighted by atomic mass is 19.2. The van der Waals surface area contributed by atoms with Crippen LogP contribution in [0.15, 0.2) is 36.7 Å². The first kappa shape index (κ1) is 13.9. The normalized spacial score (nSPS) is 11.9. The van der Waals surface area contributed by atoms with Crippen LogP contribution in [-0.4, -0.2) is 10.9 Å². The quantitative estimate of drug-likeness (QED) is 0.847. The van der Waals surface area contributed by atoms with Crippen LogP contribution in [0.3, 0.4) is 0 Å². The van der Waals surface area contributed by atoms with E-state index in [9.17, 15) is 13.6 Å². The standard InChI is InChI=1S/C14H13F2N3O/c1-8(9-2-4-18-5-3-9)19-14(20)10-6-11(15)12(16)7-13(10)17/h2-8H,17H2,1H3,(H,19,20). The van der Waals surface area contributed by atoms with Crippen LogP contribution in [0.4, 0.5) is 14.5 Å². The van der Waals surface area contributed by atoms with Crippen molar-refractivity contribution >= 4 is 11.6 Å². The van der Waals surface area contributed by atoms with Gasteiger partial charge >= 0.3 is 0 Å². The Balaban J connectivity index is 2.19. The number of aromatic nitrogens is 1. The van der Waals surface area contributed by atoms with E-state index in [1.807, 2.05) is 0 Å². The lowest BCUT2D eigenvalue weighted by atomic mass is 10.1. The number of halogens is 2. The van der Waals surface area contributed by atoms with Gasteiger partial charge in [0.25, 0.3) is 5.91 Å². The Morgan fingerprint density at radius 3 is 2.50 bits per heavy atom. The molecule has 104 valence electrons. The second-order valence-electron chi connectivity index (χ2n) is 4.33. The lowest BCUT2D eigenvalue weighted by Gasteiger charge is -2.15. The first-order chi connectivity index (χ1) is 9.49. The molecule has 4 nitrogen and oxygen atoms in total. The Hall–Kier alpha value is -2.50. The number of rotatable bonds is 3. The van der Waals surface area contributed by atoms with Gasteiger partial charge in [-0.25, -0.2) is 8.78 Å². The van der Waals surface area contributed by atoms with Gasteiger partial charge in [0.2, 0.25) is 0 Å². The zero-order valence-electron chi connectivity index (χ0n) is 10.7. The van der Waals surface area contributed by atoms with Crippen LogP contribution in [0.2, 0.25) is 0 Å². The smallest absolute Gasteiger partial charge is 0.253 e. The summed E-state index contributed by atoms with van der Waals surface area (Å²) in [6.07, 6.45) is 3.20. The predicted octanol–water partition coefficient (Wildman–Crippen LogP) is 2.43. The molecule has 1 unspecified atom stereocenters. The number of carbonyl (C=O) groups is 1. The summed E-state index contributed by atoms with van der Waals surface area (Å²) in [6, 6.07) is 4.78. The van der Waals surface area contributed by atoms with Gasteiger partial charge in [0.15, 0.2) is 11.6 Å². The van der Waals surface area contributed by atoms with Crippen molar-refractivity contribution in [3.05, 3.63) is 59.4 Å². The fourth-order valence-electron chi connectivity index (χ4n) is 1.77. The topological polar surface area (TPSA) is 68.0 Å². The monoisotopic (exact) mass is 277 g/mol. The Labute approximate surface area is 114 Å². The van der Waals surface area contributed by atoms with Gasteiger partial charge < -0.3 is 11.1 Å². The molecule has 20 heavy (non-hydrogen) atoms. The minimum Gasteiger partial charge on any atom is -0.398 e. The molecule has 0 aliphatic rings. The molecule has 0 fully saturated rings. The molecule has 2 rings (SSSR count). The molecule has 1 amide bonds. The average Bonchev–Trinajstić information content (AvgIpc) is 2.43. The largest absolute Gasteiger partial charge is 0.398 e. The minimum atomic E-state index is -1.11. The van der Waals surface area contributed by atoms with Crippen molar-refractivity contribution in [3.8, 4) is 0 Å². The Morgan fingerprint density at radius 2 is 1.85 bits per heavy atom. The van der Waals surface area contributed by atoms with E-state index in [-0.39, 0.29) is 17.3 Å². The number of carbonyl (C=O) groups excluding carboxylic acids is 1. The average molecular weight is 277 g/mol. The maximum atomic E-state index is 13.2. The third-order valence-electron chi connectivity index (χ3n) is 2.89. The summed E-state index contributed by atoms with van der Waals surface area (Å²) in [5.74, 6) is -2.76. The van der Waals surface area contributed by atoms with Gasteiger partial charge in [-0.3, -0.25) is 9.78 Å². The molecule has 1 atom stereocenters. The number of hydrogen-bond acceptors (Lipinski definition) is 3. The Kier molecular flexibility index (Phi) is 3.93. The van der Waals surface area contributed by atoms with Crippen molar-refractivity contribution in [3.63, 3.8) is 0 Å². The summed E-state index contributed by atoms with van der Waals surface area (Å²) in [5, 5.41) is 2.66. The van der Waals surface area contributed by atoms with E-state index in [0.717, 1.165) is 17.7 Å². The maximum absolute atomic E-state index is 13.2. The van der Waals surface area contributed by atoms with Crippen molar-refractivity contribution < 1.29 is 13.6 Å². The minimum absolute atomic E-state index is 0.0928. The van der Waals surface area contributed by atoms with Crippen molar-refractivity contribution in [2.45, 2.75) is 13.0 Å². The summed E-state index contributed by atoms with van der Waals surface area (Å²) >= 11 is 0.